The first-order chi connectivity index (χ1) is 16.4. The minimum absolute atomic E-state index is 0.0640. The summed E-state index contributed by atoms with van der Waals surface area (Å²) in [6.07, 6.45) is 7.67. The van der Waals surface area contributed by atoms with Gasteiger partial charge in [0.1, 0.15) is 5.75 Å². The molecule has 2 aromatic rings. The van der Waals surface area contributed by atoms with Crippen molar-refractivity contribution in [1.82, 2.24) is 0 Å². The van der Waals surface area contributed by atoms with Crippen LogP contribution in [0.2, 0.25) is 0 Å². The van der Waals surface area contributed by atoms with Crippen LogP contribution in [0.15, 0.2) is 46.2 Å². The molecule has 1 aliphatic heterocycles. The molecule has 8 heteroatoms. The lowest BCUT2D eigenvalue weighted by Crippen LogP contribution is -2.39. The number of aliphatic hydroxyl groups excluding tert-OH is 1. The van der Waals surface area contributed by atoms with E-state index in [9.17, 15) is 13.5 Å². The van der Waals surface area contributed by atoms with E-state index in [-0.39, 0.29) is 17.5 Å². The second-order valence-electron chi connectivity index (χ2n) is 9.19. The third-order valence-electron chi connectivity index (χ3n) is 6.87. The van der Waals surface area contributed by atoms with Crippen LogP contribution in [-0.4, -0.2) is 45.6 Å². The molecular weight excluding hydrogens is 470 g/mol. The van der Waals surface area contributed by atoms with E-state index in [0.29, 0.717) is 23.8 Å². The average Bonchev–Trinajstić information content (AvgIpc) is 3.38. The summed E-state index contributed by atoms with van der Waals surface area (Å²) >= 11 is 1.64. The van der Waals surface area contributed by atoms with Crippen LogP contribution in [-0.2, 0) is 21.4 Å². The standard InChI is InChI=1S/C26H35NO5S2/c1-19-15-23(33-2)7-9-25(19)27(22-5-3-4-6-22)34(29,30)24-8-10-26(21(16-24)17-28)32-18-20-11-13-31-14-12-20/h7-10,15-16,20,22,28H,3-6,11-14,17-18H2,1-2H3. The molecule has 1 aliphatic carbocycles. The van der Waals surface area contributed by atoms with Crippen molar-refractivity contribution < 1.29 is 23.0 Å². The molecule has 1 N–H and O–H groups in total. The zero-order valence-electron chi connectivity index (χ0n) is 20.0. The van der Waals surface area contributed by atoms with Crippen LogP contribution in [0.25, 0.3) is 0 Å². The first kappa shape index (κ1) is 25.4. The topological polar surface area (TPSA) is 76.1 Å². The molecule has 2 fully saturated rings. The van der Waals surface area contributed by atoms with E-state index in [1.54, 1.807) is 34.3 Å². The van der Waals surface area contributed by atoms with Crippen LogP contribution < -0.4 is 9.04 Å². The third kappa shape index (κ3) is 5.56. The monoisotopic (exact) mass is 505 g/mol. The molecule has 2 aromatic carbocycles. The molecule has 0 amide bonds. The Kier molecular flexibility index (Phi) is 8.45. The highest BCUT2D eigenvalue weighted by Crippen LogP contribution is 2.37. The van der Waals surface area contributed by atoms with Gasteiger partial charge in [0.15, 0.2) is 0 Å². The second kappa shape index (κ2) is 11.3. The molecule has 1 saturated carbocycles. The first-order valence-corrected chi connectivity index (χ1v) is 14.7. The highest BCUT2D eigenvalue weighted by atomic mass is 32.2. The summed E-state index contributed by atoms with van der Waals surface area (Å²) in [5, 5.41) is 10.0. The summed E-state index contributed by atoms with van der Waals surface area (Å²) in [6, 6.07) is 10.8. The molecule has 1 heterocycles. The van der Waals surface area contributed by atoms with Crippen molar-refractivity contribution in [2.75, 3.05) is 30.4 Å². The Labute approximate surface area is 207 Å². The van der Waals surface area contributed by atoms with Gasteiger partial charge in [-0.05, 0) is 86.7 Å². The Morgan fingerprint density at radius 2 is 1.82 bits per heavy atom. The van der Waals surface area contributed by atoms with Gasteiger partial charge < -0.3 is 14.6 Å². The number of thioether (sulfide) groups is 1. The molecule has 2 aliphatic rings. The van der Waals surface area contributed by atoms with Crippen molar-refractivity contribution >= 4 is 27.5 Å². The molecule has 4 rings (SSSR count). The fourth-order valence-corrected chi connectivity index (χ4v) is 7.20. The van der Waals surface area contributed by atoms with Crippen LogP contribution in [0, 0.1) is 12.8 Å². The van der Waals surface area contributed by atoms with Crippen molar-refractivity contribution in [3.8, 4) is 5.75 Å². The lowest BCUT2D eigenvalue weighted by atomic mass is 10.0. The van der Waals surface area contributed by atoms with Crippen molar-refractivity contribution in [3.05, 3.63) is 47.5 Å². The predicted octanol–water partition coefficient (Wildman–Crippen LogP) is 5.15. The minimum Gasteiger partial charge on any atom is -0.493 e. The molecule has 0 spiro atoms. The third-order valence-corrected chi connectivity index (χ3v) is 9.46. The lowest BCUT2D eigenvalue weighted by molar-refractivity contribution is 0.0494. The van der Waals surface area contributed by atoms with E-state index < -0.39 is 10.0 Å². The summed E-state index contributed by atoms with van der Waals surface area (Å²) in [5.41, 5.74) is 2.17. The number of anilines is 1. The van der Waals surface area contributed by atoms with Gasteiger partial charge in [0.25, 0.3) is 10.0 Å². The molecule has 0 unspecified atom stereocenters. The van der Waals surface area contributed by atoms with Gasteiger partial charge in [-0.25, -0.2) is 8.42 Å². The molecule has 0 radical (unpaired) electrons. The zero-order chi connectivity index (χ0) is 24.1. The van der Waals surface area contributed by atoms with Crippen LogP contribution >= 0.6 is 11.8 Å². The van der Waals surface area contributed by atoms with Gasteiger partial charge in [-0.15, -0.1) is 11.8 Å². The smallest absolute Gasteiger partial charge is 0.264 e. The highest BCUT2D eigenvalue weighted by Gasteiger charge is 2.35. The Hall–Kier alpha value is -1.74. The minimum atomic E-state index is -3.82. The second-order valence-corrected chi connectivity index (χ2v) is 11.9. The Bertz CT molecular complexity index is 1080. The number of ether oxygens (including phenoxy) is 2. The van der Waals surface area contributed by atoms with Crippen molar-refractivity contribution in [2.24, 2.45) is 5.92 Å². The van der Waals surface area contributed by atoms with Gasteiger partial charge in [0.05, 0.1) is 23.8 Å². The van der Waals surface area contributed by atoms with Gasteiger partial charge in [0.2, 0.25) is 0 Å². The molecular formula is C26H35NO5S2. The van der Waals surface area contributed by atoms with Crippen LogP contribution in [0.5, 0.6) is 5.75 Å². The fraction of sp³-hybridized carbons (Fsp3) is 0.538. The Morgan fingerprint density at radius 1 is 1.09 bits per heavy atom. The Morgan fingerprint density at radius 3 is 2.47 bits per heavy atom. The number of rotatable bonds is 9. The van der Waals surface area contributed by atoms with E-state index in [1.165, 1.54) is 0 Å². The number of hydrogen-bond acceptors (Lipinski definition) is 6. The first-order valence-electron chi connectivity index (χ1n) is 12.1. The van der Waals surface area contributed by atoms with Gasteiger partial charge >= 0.3 is 0 Å². The highest BCUT2D eigenvalue weighted by molar-refractivity contribution is 7.98. The molecule has 34 heavy (non-hydrogen) atoms. The maximum Gasteiger partial charge on any atom is 0.264 e. The predicted molar refractivity (Wildman–Crippen MR) is 136 cm³/mol. The fourth-order valence-electron chi connectivity index (χ4n) is 4.88. The van der Waals surface area contributed by atoms with Crippen molar-refractivity contribution in [2.45, 2.75) is 67.9 Å². The van der Waals surface area contributed by atoms with Gasteiger partial charge in [0, 0.05) is 29.7 Å². The van der Waals surface area contributed by atoms with E-state index in [0.717, 1.165) is 67.9 Å². The Balaban J connectivity index is 1.64. The normalized spacial score (nSPS) is 17.7. The largest absolute Gasteiger partial charge is 0.493 e. The number of sulfonamides is 1. The maximum absolute atomic E-state index is 14.0. The van der Waals surface area contributed by atoms with Crippen molar-refractivity contribution in [1.29, 1.82) is 0 Å². The number of nitrogens with zero attached hydrogens (tertiary/aromatic N) is 1. The van der Waals surface area contributed by atoms with Crippen LogP contribution in [0.3, 0.4) is 0 Å². The molecule has 0 aromatic heterocycles. The molecule has 0 atom stereocenters. The van der Waals surface area contributed by atoms with Gasteiger partial charge in [-0.1, -0.05) is 12.8 Å². The maximum atomic E-state index is 14.0. The lowest BCUT2D eigenvalue weighted by Gasteiger charge is -2.32. The average molecular weight is 506 g/mol. The molecule has 6 nitrogen and oxygen atoms in total. The van der Waals surface area contributed by atoms with E-state index in [4.69, 9.17) is 9.47 Å². The SMILES string of the molecule is CSc1ccc(N(C2CCCC2)S(=O)(=O)c2ccc(OCC3CCOCC3)c(CO)c2)c(C)c1. The molecule has 0 bridgehead atoms. The molecule has 186 valence electrons. The van der Waals surface area contributed by atoms with E-state index >= 15 is 0 Å². The molecule has 1 saturated heterocycles. The quantitative estimate of drug-likeness (QED) is 0.475. The summed E-state index contributed by atoms with van der Waals surface area (Å²) < 4.78 is 41.0. The summed E-state index contributed by atoms with van der Waals surface area (Å²) in [7, 11) is -3.82. The summed E-state index contributed by atoms with van der Waals surface area (Å²) in [5.74, 6) is 0.953. The summed E-state index contributed by atoms with van der Waals surface area (Å²) in [6.45, 7) is 3.71. The van der Waals surface area contributed by atoms with E-state index in [1.807, 2.05) is 31.4 Å². The number of hydrogen-bond donors (Lipinski definition) is 1. The zero-order valence-corrected chi connectivity index (χ0v) is 21.7. The van der Waals surface area contributed by atoms with Crippen LogP contribution in [0.4, 0.5) is 5.69 Å². The number of aryl methyl sites for hydroxylation is 1. The van der Waals surface area contributed by atoms with Gasteiger partial charge in [-0.3, -0.25) is 4.31 Å². The number of benzene rings is 2. The number of aliphatic hydroxyl groups is 1. The summed E-state index contributed by atoms with van der Waals surface area (Å²) in [4.78, 5) is 1.30. The van der Waals surface area contributed by atoms with E-state index in [2.05, 4.69) is 0 Å². The van der Waals surface area contributed by atoms with Crippen LogP contribution in [0.1, 0.15) is 49.7 Å². The van der Waals surface area contributed by atoms with Gasteiger partial charge in [-0.2, -0.15) is 0 Å². The van der Waals surface area contributed by atoms with Crippen molar-refractivity contribution in [3.63, 3.8) is 0 Å².